The van der Waals surface area contributed by atoms with E-state index in [0.717, 1.165) is 12.8 Å². The van der Waals surface area contributed by atoms with Gasteiger partial charge in [-0.3, -0.25) is 0 Å². The molecule has 1 heterocycles. The zero-order valence-corrected chi connectivity index (χ0v) is 7.92. The number of nitrogen functional groups attached to an aromatic ring is 1. The number of hydrogen-bond acceptors (Lipinski definition) is 6. The minimum absolute atomic E-state index is 0.259. The van der Waals surface area contributed by atoms with Gasteiger partial charge in [-0.2, -0.15) is 9.36 Å². The molecule has 0 bridgehead atoms. The average molecular weight is 200 g/mol. The third-order valence-corrected chi connectivity index (χ3v) is 2.76. The smallest absolute Gasteiger partial charge is 0.233 e. The number of nitrogens with two attached hydrogens (primary N) is 1. The Morgan fingerprint density at radius 3 is 3.00 bits per heavy atom. The van der Waals surface area contributed by atoms with Gasteiger partial charge in [0.25, 0.3) is 0 Å². The van der Waals surface area contributed by atoms with Gasteiger partial charge in [0.2, 0.25) is 11.1 Å². The number of hydrogen-bond donors (Lipinski definition) is 3. The maximum absolute atomic E-state index is 9.52. The summed E-state index contributed by atoms with van der Waals surface area (Å²) in [5.41, 5.74) is 5.34. The molecular formula is C7H12N4OS. The van der Waals surface area contributed by atoms with Crippen LogP contribution in [-0.4, -0.2) is 27.1 Å². The monoisotopic (exact) mass is 200 g/mol. The van der Waals surface area contributed by atoms with Crippen molar-refractivity contribution in [3.05, 3.63) is 0 Å². The molecule has 72 valence electrons. The van der Waals surface area contributed by atoms with Gasteiger partial charge in [0.1, 0.15) is 0 Å². The molecular weight excluding hydrogens is 188 g/mol. The van der Waals surface area contributed by atoms with E-state index in [-0.39, 0.29) is 12.1 Å². The number of nitrogens with zero attached hydrogens (tertiary/aromatic N) is 2. The van der Waals surface area contributed by atoms with Crippen LogP contribution in [0, 0.1) is 5.92 Å². The Balaban J connectivity index is 1.78. The Hall–Kier alpha value is -0.880. The van der Waals surface area contributed by atoms with E-state index in [2.05, 4.69) is 14.7 Å². The molecule has 0 amide bonds. The number of rotatable bonds is 4. The molecule has 2 rings (SSSR count). The third-order valence-electron chi connectivity index (χ3n) is 2.07. The molecule has 1 aliphatic carbocycles. The Bertz CT molecular complexity index is 286. The number of aliphatic hydroxyl groups is 1. The molecule has 1 unspecified atom stereocenters. The molecule has 1 aromatic heterocycles. The Kier molecular flexibility index (Phi) is 2.32. The van der Waals surface area contributed by atoms with Crippen LogP contribution in [0.1, 0.15) is 12.8 Å². The van der Waals surface area contributed by atoms with Crippen LogP contribution in [0.5, 0.6) is 0 Å². The van der Waals surface area contributed by atoms with Gasteiger partial charge in [0, 0.05) is 18.1 Å². The average Bonchev–Trinajstić information content (AvgIpc) is 2.87. The van der Waals surface area contributed by atoms with E-state index in [1.165, 1.54) is 11.5 Å². The van der Waals surface area contributed by atoms with Gasteiger partial charge in [0.15, 0.2) is 0 Å². The summed E-state index contributed by atoms with van der Waals surface area (Å²) in [7, 11) is 0. The second-order valence-electron chi connectivity index (χ2n) is 3.24. The highest BCUT2D eigenvalue weighted by Gasteiger charge is 2.29. The first kappa shape index (κ1) is 8.71. The van der Waals surface area contributed by atoms with Gasteiger partial charge in [-0.25, -0.2) is 0 Å². The van der Waals surface area contributed by atoms with E-state index >= 15 is 0 Å². The first-order chi connectivity index (χ1) is 6.25. The van der Waals surface area contributed by atoms with E-state index < -0.39 is 0 Å². The van der Waals surface area contributed by atoms with E-state index in [1.807, 2.05) is 0 Å². The van der Waals surface area contributed by atoms with Crippen molar-refractivity contribution in [2.24, 2.45) is 5.92 Å². The summed E-state index contributed by atoms with van der Waals surface area (Å²) in [6, 6.07) is 0. The standard InChI is InChI=1S/C7H12N4OS/c8-6-10-7(13-11-6)9-3-5(12)4-1-2-4/h4-5,12H,1-3H2,(H3,8,9,10,11). The van der Waals surface area contributed by atoms with Crippen LogP contribution in [0.15, 0.2) is 0 Å². The van der Waals surface area contributed by atoms with E-state index in [1.54, 1.807) is 0 Å². The minimum atomic E-state index is -0.259. The van der Waals surface area contributed by atoms with Crippen molar-refractivity contribution in [3.63, 3.8) is 0 Å². The van der Waals surface area contributed by atoms with E-state index in [0.29, 0.717) is 17.6 Å². The Morgan fingerprint density at radius 2 is 2.46 bits per heavy atom. The van der Waals surface area contributed by atoms with Crippen molar-refractivity contribution >= 4 is 22.6 Å². The van der Waals surface area contributed by atoms with Crippen LogP contribution in [-0.2, 0) is 0 Å². The lowest BCUT2D eigenvalue weighted by Crippen LogP contribution is -2.21. The lowest BCUT2D eigenvalue weighted by Gasteiger charge is -2.08. The number of aromatic nitrogens is 2. The summed E-state index contributed by atoms with van der Waals surface area (Å²) in [6.07, 6.45) is 2.02. The van der Waals surface area contributed by atoms with Crippen molar-refractivity contribution < 1.29 is 5.11 Å². The second kappa shape index (κ2) is 3.47. The van der Waals surface area contributed by atoms with Crippen LogP contribution >= 0.6 is 11.5 Å². The summed E-state index contributed by atoms with van der Waals surface area (Å²) < 4.78 is 3.82. The van der Waals surface area contributed by atoms with E-state index in [4.69, 9.17) is 5.73 Å². The summed E-state index contributed by atoms with van der Waals surface area (Å²) in [4.78, 5) is 3.93. The summed E-state index contributed by atoms with van der Waals surface area (Å²) in [6.45, 7) is 0.541. The van der Waals surface area contributed by atoms with Gasteiger partial charge in [-0.05, 0) is 18.8 Å². The van der Waals surface area contributed by atoms with Gasteiger partial charge in [-0.1, -0.05) is 0 Å². The summed E-state index contributed by atoms with van der Waals surface area (Å²) in [5, 5.41) is 13.2. The fraction of sp³-hybridized carbons (Fsp3) is 0.714. The molecule has 1 aromatic rings. The maximum Gasteiger partial charge on any atom is 0.233 e. The van der Waals surface area contributed by atoms with Crippen molar-refractivity contribution in [3.8, 4) is 0 Å². The Morgan fingerprint density at radius 1 is 1.69 bits per heavy atom. The van der Waals surface area contributed by atoms with E-state index in [9.17, 15) is 5.11 Å². The van der Waals surface area contributed by atoms with Crippen LogP contribution in [0.2, 0.25) is 0 Å². The van der Waals surface area contributed by atoms with Crippen molar-refractivity contribution in [1.29, 1.82) is 0 Å². The number of nitrogens with one attached hydrogen (secondary N) is 1. The lowest BCUT2D eigenvalue weighted by atomic mass is 10.2. The predicted octanol–water partition coefficient (Wildman–Crippen LogP) is 0.303. The molecule has 1 aliphatic rings. The first-order valence-corrected chi connectivity index (χ1v) is 5.04. The molecule has 4 N–H and O–H groups in total. The quantitative estimate of drug-likeness (QED) is 0.651. The molecule has 1 saturated carbocycles. The highest BCUT2D eigenvalue weighted by molar-refractivity contribution is 7.09. The molecule has 1 atom stereocenters. The maximum atomic E-state index is 9.52. The van der Waals surface area contributed by atoms with Crippen molar-refractivity contribution in [2.75, 3.05) is 17.6 Å². The molecule has 0 saturated heterocycles. The van der Waals surface area contributed by atoms with Crippen LogP contribution in [0.4, 0.5) is 11.1 Å². The SMILES string of the molecule is Nc1nsc(NCC(O)C2CC2)n1. The number of anilines is 2. The molecule has 6 heteroatoms. The summed E-state index contributed by atoms with van der Waals surface area (Å²) >= 11 is 1.22. The normalized spacial score (nSPS) is 18.5. The van der Waals surface area contributed by atoms with Crippen molar-refractivity contribution in [2.45, 2.75) is 18.9 Å². The van der Waals surface area contributed by atoms with Gasteiger partial charge in [-0.15, -0.1) is 0 Å². The zero-order chi connectivity index (χ0) is 9.26. The summed E-state index contributed by atoms with van der Waals surface area (Å²) in [5.74, 6) is 0.770. The number of aliphatic hydroxyl groups excluding tert-OH is 1. The van der Waals surface area contributed by atoms with Crippen LogP contribution in [0.25, 0.3) is 0 Å². The first-order valence-electron chi connectivity index (χ1n) is 4.27. The second-order valence-corrected chi connectivity index (χ2v) is 4.00. The topological polar surface area (TPSA) is 84.1 Å². The van der Waals surface area contributed by atoms with Crippen LogP contribution in [0.3, 0.4) is 0 Å². The molecule has 0 radical (unpaired) electrons. The van der Waals surface area contributed by atoms with Gasteiger partial charge < -0.3 is 16.2 Å². The molecule has 0 spiro atoms. The fourth-order valence-corrected chi connectivity index (χ4v) is 1.65. The third kappa shape index (κ3) is 2.28. The predicted molar refractivity (Wildman–Crippen MR) is 51.5 cm³/mol. The molecule has 0 aromatic carbocycles. The van der Waals surface area contributed by atoms with Gasteiger partial charge in [0.05, 0.1) is 6.10 Å². The molecule has 0 aliphatic heterocycles. The molecule has 5 nitrogen and oxygen atoms in total. The Labute approximate surface area is 80.2 Å². The largest absolute Gasteiger partial charge is 0.391 e. The molecule has 13 heavy (non-hydrogen) atoms. The van der Waals surface area contributed by atoms with Crippen LogP contribution < -0.4 is 11.1 Å². The highest BCUT2D eigenvalue weighted by atomic mass is 32.1. The highest BCUT2D eigenvalue weighted by Crippen LogP contribution is 2.32. The molecule has 1 fully saturated rings. The minimum Gasteiger partial charge on any atom is -0.391 e. The van der Waals surface area contributed by atoms with Gasteiger partial charge >= 0.3 is 0 Å². The van der Waals surface area contributed by atoms with Crippen molar-refractivity contribution in [1.82, 2.24) is 9.36 Å². The zero-order valence-electron chi connectivity index (χ0n) is 7.10. The lowest BCUT2D eigenvalue weighted by molar-refractivity contribution is 0.164. The fourth-order valence-electron chi connectivity index (χ4n) is 1.15.